The fourth-order valence-corrected chi connectivity index (χ4v) is 9.07. The molecular weight excluding hydrogens is 472 g/mol. The number of carboxylic acids is 1. The van der Waals surface area contributed by atoms with Crippen LogP contribution in [-0.2, 0) is 14.4 Å². The maximum Gasteiger partial charge on any atom is 0.331 e. The summed E-state index contributed by atoms with van der Waals surface area (Å²) in [6.07, 6.45) is 1.26. The number of carbonyl (C=O) groups is 3. The van der Waals surface area contributed by atoms with Crippen LogP contribution in [0.3, 0.4) is 0 Å². The number of ketones is 2. The fraction of sp³-hybridized carbons (Fsp3) is 0.767. The Morgan fingerprint density at radius 1 is 1.14 bits per heavy atom. The molecule has 0 heterocycles. The number of aliphatic carboxylic acids is 1. The fourth-order valence-electron chi connectivity index (χ4n) is 9.07. The average Bonchev–Trinajstić information content (AvgIpc) is 2.99. The van der Waals surface area contributed by atoms with Crippen molar-refractivity contribution in [2.75, 3.05) is 0 Å². The van der Waals surface area contributed by atoms with Crippen molar-refractivity contribution >= 4 is 17.5 Å². The first kappa shape index (κ1) is 28.2. The van der Waals surface area contributed by atoms with Crippen molar-refractivity contribution in [3.63, 3.8) is 0 Å². The van der Waals surface area contributed by atoms with E-state index in [9.17, 15) is 29.7 Å². The molecule has 4 aliphatic carbocycles. The van der Waals surface area contributed by atoms with E-state index in [1.807, 2.05) is 34.6 Å². The number of carboxylic acid groups (broad SMARTS) is 1. The van der Waals surface area contributed by atoms with Crippen LogP contribution in [0.2, 0.25) is 0 Å². The van der Waals surface area contributed by atoms with Gasteiger partial charge in [0.1, 0.15) is 5.78 Å². The Balaban J connectivity index is 1.77. The second-order valence-corrected chi connectivity index (χ2v) is 13.7. The molecule has 0 radical (unpaired) electrons. The highest BCUT2D eigenvalue weighted by atomic mass is 16.4. The molecule has 0 aromatic heterocycles. The average molecular weight is 517 g/mol. The van der Waals surface area contributed by atoms with E-state index < -0.39 is 45.9 Å². The molecule has 206 valence electrons. The lowest BCUT2D eigenvalue weighted by atomic mass is 9.42. The van der Waals surface area contributed by atoms with E-state index in [0.717, 1.165) is 0 Å². The van der Waals surface area contributed by atoms with Gasteiger partial charge in [-0.2, -0.15) is 0 Å². The molecule has 0 spiro atoms. The largest absolute Gasteiger partial charge is 0.478 e. The lowest BCUT2D eigenvalue weighted by Crippen LogP contribution is -2.60. The Morgan fingerprint density at radius 2 is 1.76 bits per heavy atom. The van der Waals surface area contributed by atoms with Crippen molar-refractivity contribution in [3.05, 3.63) is 22.8 Å². The van der Waals surface area contributed by atoms with Gasteiger partial charge in [-0.05, 0) is 85.2 Å². The molecule has 0 aliphatic heterocycles. The highest BCUT2D eigenvalue weighted by Gasteiger charge is 2.70. The summed E-state index contributed by atoms with van der Waals surface area (Å²) in [5.41, 5.74) is -1.42. The van der Waals surface area contributed by atoms with E-state index in [-0.39, 0.29) is 54.2 Å². The van der Waals surface area contributed by atoms with E-state index in [1.54, 1.807) is 0 Å². The van der Waals surface area contributed by atoms with E-state index in [2.05, 4.69) is 6.92 Å². The summed E-state index contributed by atoms with van der Waals surface area (Å²) in [5.74, 6) is -1.50. The minimum absolute atomic E-state index is 0.0116. The third-order valence-corrected chi connectivity index (χ3v) is 11.4. The third kappa shape index (κ3) is 3.82. The van der Waals surface area contributed by atoms with Crippen LogP contribution in [0.5, 0.6) is 0 Å². The van der Waals surface area contributed by atoms with Gasteiger partial charge in [-0.25, -0.2) is 4.79 Å². The van der Waals surface area contributed by atoms with Crippen molar-refractivity contribution < 1.29 is 34.8 Å². The predicted molar refractivity (Wildman–Crippen MR) is 138 cm³/mol. The minimum atomic E-state index is -1.09. The lowest BCUT2D eigenvalue weighted by Gasteiger charge is -2.61. The monoisotopic (exact) mass is 516 g/mol. The molecule has 0 amide bonds. The van der Waals surface area contributed by atoms with Crippen LogP contribution in [0.15, 0.2) is 22.8 Å². The third-order valence-electron chi connectivity index (χ3n) is 11.4. The summed E-state index contributed by atoms with van der Waals surface area (Å²) in [5, 5.41) is 42.1. The summed E-state index contributed by atoms with van der Waals surface area (Å²) >= 11 is 0. The van der Waals surface area contributed by atoms with Crippen LogP contribution in [0, 0.1) is 39.4 Å². The number of aliphatic hydroxyl groups is 3. The van der Waals surface area contributed by atoms with Gasteiger partial charge in [0.05, 0.1) is 23.7 Å². The number of Topliss-reactive ketones (excluding diaryl/α,β-unsaturated/α-hetero) is 2. The number of fused-ring (bicyclic) bond motifs is 4. The van der Waals surface area contributed by atoms with Crippen molar-refractivity contribution in [2.24, 2.45) is 39.4 Å². The van der Waals surface area contributed by atoms with Crippen LogP contribution in [0.4, 0.5) is 0 Å². The molecule has 9 atom stereocenters. The molecular formula is C30H44O7. The van der Waals surface area contributed by atoms with Crippen molar-refractivity contribution in [2.45, 2.75) is 105 Å². The Labute approximate surface area is 220 Å². The van der Waals surface area contributed by atoms with Crippen molar-refractivity contribution in [3.8, 4) is 0 Å². The molecule has 7 heteroatoms. The van der Waals surface area contributed by atoms with E-state index in [0.29, 0.717) is 30.4 Å². The van der Waals surface area contributed by atoms with Gasteiger partial charge in [-0.1, -0.05) is 34.6 Å². The first-order valence-corrected chi connectivity index (χ1v) is 13.7. The molecule has 0 aromatic carbocycles. The number of aliphatic hydroxyl groups excluding tert-OH is 3. The number of hydrogen-bond donors (Lipinski definition) is 4. The SMILES string of the molecule is CC(=CC(O)C[C@@H](C)[C@H]1CC(=O)[C@@]2(C)C3=C(C(=O)C[C@]12C)[C@@]1(C)CCC(O)C(C)(C)C1C[C@@H]3O)C(=O)O. The first-order valence-electron chi connectivity index (χ1n) is 13.7. The summed E-state index contributed by atoms with van der Waals surface area (Å²) in [4.78, 5) is 39.2. The zero-order valence-corrected chi connectivity index (χ0v) is 23.3. The highest BCUT2D eigenvalue weighted by molar-refractivity contribution is 6.05. The summed E-state index contributed by atoms with van der Waals surface area (Å²) in [6, 6.07) is 0. The highest BCUT2D eigenvalue weighted by Crippen LogP contribution is 2.70. The summed E-state index contributed by atoms with van der Waals surface area (Å²) in [6.45, 7) is 13.4. The summed E-state index contributed by atoms with van der Waals surface area (Å²) in [7, 11) is 0. The van der Waals surface area contributed by atoms with Gasteiger partial charge in [-0.15, -0.1) is 0 Å². The van der Waals surface area contributed by atoms with E-state index >= 15 is 0 Å². The molecule has 0 bridgehead atoms. The molecule has 7 nitrogen and oxygen atoms in total. The quantitative estimate of drug-likeness (QED) is 0.408. The normalized spacial score (nSPS) is 43.1. The number of hydrogen-bond acceptors (Lipinski definition) is 6. The van der Waals surface area contributed by atoms with Gasteiger partial charge >= 0.3 is 5.97 Å². The number of rotatable bonds is 5. The van der Waals surface area contributed by atoms with Gasteiger partial charge in [0.25, 0.3) is 0 Å². The van der Waals surface area contributed by atoms with Crippen LogP contribution in [0.1, 0.15) is 87.0 Å². The van der Waals surface area contributed by atoms with E-state index in [4.69, 9.17) is 5.11 Å². The maximum atomic E-state index is 14.1. The molecule has 0 saturated heterocycles. The van der Waals surface area contributed by atoms with Gasteiger partial charge in [-0.3, -0.25) is 9.59 Å². The van der Waals surface area contributed by atoms with Gasteiger partial charge < -0.3 is 20.4 Å². The molecule has 0 aromatic rings. The molecule has 4 N–H and O–H groups in total. The Bertz CT molecular complexity index is 1090. The maximum absolute atomic E-state index is 14.1. The van der Waals surface area contributed by atoms with E-state index in [1.165, 1.54) is 13.0 Å². The first-order chi connectivity index (χ1) is 16.9. The zero-order chi connectivity index (χ0) is 27.9. The smallest absolute Gasteiger partial charge is 0.331 e. The Hall–Kier alpha value is -1.83. The van der Waals surface area contributed by atoms with Crippen LogP contribution < -0.4 is 0 Å². The Kier molecular flexibility index (Phi) is 6.74. The van der Waals surface area contributed by atoms with Crippen molar-refractivity contribution in [1.82, 2.24) is 0 Å². The van der Waals surface area contributed by atoms with Gasteiger partial charge in [0, 0.05) is 24.0 Å². The number of allylic oxidation sites excluding steroid dienone is 1. The molecule has 2 saturated carbocycles. The minimum Gasteiger partial charge on any atom is -0.478 e. The van der Waals surface area contributed by atoms with Gasteiger partial charge in [0.15, 0.2) is 5.78 Å². The van der Waals surface area contributed by atoms with Crippen LogP contribution in [-0.4, -0.2) is 56.3 Å². The molecule has 4 aliphatic rings. The topological polar surface area (TPSA) is 132 Å². The molecule has 4 rings (SSSR count). The molecule has 37 heavy (non-hydrogen) atoms. The van der Waals surface area contributed by atoms with Gasteiger partial charge in [0.2, 0.25) is 0 Å². The standard InChI is InChI=1S/C30H44O7/c1-15(10-17(31)11-16(2)26(36)37)18-12-23(35)30(7)25-19(32)13-21-27(3,4)22(34)8-9-28(21,5)24(25)20(33)14-29(18,30)6/h11,15,17-19,21-22,31-32,34H,8-10,12-14H2,1-7H3,(H,36,37)/t15-,17?,18-,19+,21?,22?,28+,29-,30+/m1/s1. The van der Waals surface area contributed by atoms with Crippen molar-refractivity contribution in [1.29, 1.82) is 0 Å². The lowest BCUT2D eigenvalue weighted by molar-refractivity contribution is -0.142. The predicted octanol–water partition coefficient (Wildman–Crippen LogP) is 3.84. The van der Waals surface area contributed by atoms with Crippen LogP contribution >= 0.6 is 0 Å². The molecule has 2 fully saturated rings. The second-order valence-electron chi connectivity index (χ2n) is 13.7. The summed E-state index contributed by atoms with van der Waals surface area (Å²) < 4.78 is 0. The number of carbonyl (C=O) groups excluding carboxylic acids is 2. The van der Waals surface area contributed by atoms with Crippen LogP contribution in [0.25, 0.3) is 0 Å². The second kappa shape index (κ2) is 8.85. The zero-order valence-electron chi connectivity index (χ0n) is 23.3. The Morgan fingerprint density at radius 3 is 2.35 bits per heavy atom. The molecule has 3 unspecified atom stereocenters.